The van der Waals surface area contributed by atoms with E-state index in [-0.39, 0.29) is 18.0 Å². The Labute approximate surface area is 162 Å². The molecule has 0 radical (unpaired) electrons. The molecule has 0 saturated heterocycles. The average Bonchev–Trinajstić information content (AvgIpc) is 2.66. The van der Waals surface area contributed by atoms with Crippen molar-refractivity contribution >= 4 is 28.4 Å². The first-order valence-electron chi connectivity index (χ1n) is 8.76. The van der Waals surface area contributed by atoms with Gasteiger partial charge in [0.15, 0.2) is 0 Å². The molecule has 0 aliphatic carbocycles. The van der Waals surface area contributed by atoms with Crippen LogP contribution in [-0.4, -0.2) is 33.9 Å². The largest absolute Gasteiger partial charge is 0.351 e. The molecule has 6 nitrogen and oxygen atoms in total. The Morgan fingerprint density at radius 1 is 1.22 bits per heavy atom. The minimum atomic E-state index is -0.212. The molecule has 2 aromatic carbocycles. The van der Waals surface area contributed by atoms with E-state index in [1.807, 2.05) is 42.2 Å². The number of fused-ring (bicyclic) bond motifs is 1. The highest BCUT2D eigenvalue weighted by molar-refractivity contribution is 6.31. The Morgan fingerprint density at radius 3 is 2.74 bits per heavy atom. The van der Waals surface area contributed by atoms with Gasteiger partial charge in [-0.3, -0.25) is 14.5 Å². The highest BCUT2D eigenvalue weighted by atomic mass is 35.5. The van der Waals surface area contributed by atoms with Crippen LogP contribution in [0, 0.1) is 0 Å². The van der Waals surface area contributed by atoms with Crippen molar-refractivity contribution in [2.75, 3.05) is 13.1 Å². The number of benzene rings is 2. The van der Waals surface area contributed by atoms with Gasteiger partial charge in [0.2, 0.25) is 5.91 Å². The molecule has 3 rings (SSSR count). The van der Waals surface area contributed by atoms with Crippen LogP contribution in [0.25, 0.3) is 10.9 Å². The summed E-state index contributed by atoms with van der Waals surface area (Å²) < 4.78 is 0. The maximum Gasteiger partial charge on any atom is 0.258 e. The summed E-state index contributed by atoms with van der Waals surface area (Å²) in [4.78, 5) is 33.6. The first-order valence-corrected chi connectivity index (χ1v) is 9.14. The molecule has 27 heavy (non-hydrogen) atoms. The second-order valence-electron chi connectivity index (χ2n) is 6.24. The fraction of sp³-hybridized carbons (Fsp3) is 0.250. The van der Waals surface area contributed by atoms with Crippen molar-refractivity contribution in [2.45, 2.75) is 20.0 Å². The molecule has 7 heteroatoms. The van der Waals surface area contributed by atoms with Gasteiger partial charge < -0.3 is 10.3 Å². The van der Waals surface area contributed by atoms with Crippen molar-refractivity contribution in [1.29, 1.82) is 0 Å². The van der Waals surface area contributed by atoms with Gasteiger partial charge in [0.05, 0.1) is 24.0 Å². The van der Waals surface area contributed by atoms with E-state index in [9.17, 15) is 9.59 Å². The monoisotopic (exact) mass is 384 g/mol. The van der Waals surface area contributed by atoms with E-state index in [1.165, 1.54) is 0 Å². The van der Waals surface area contributed by atoms with Crippen LogP contribution in [0.15, 0.2) is 53.3 Å². The number of carbonyl (C=O) groups excluding carboxylic acids is 1. The molecular formula is C20H21ClN4O2. The Balaban J connectivity index is 1.65. The summed E-state index contributed by atoms with van der Waals surface area (Å²) in [5.74, 6) is 0.430. The third-order valence-corrected chi connectivity index (χ3v) is 4.47. The maximum absolute atomic E-state index is 12.2. The molecule has 0 bridgehead atoms. The third-order valence-electron chi connectivity index (χ3n) is 4.24. The number of likely N-dealkylation sites (N-methyl/N-ethyl adjacent to an activating group) is 1. The van der Waals surface area contributed by atoms with E-state index in [0.29, 0.717) is 41.4 Å². The Morgan fingerprint density at radius 2 is 2.00 bits per heavy atom. The summed E-state index contributed by atoms with van der Waals surface area (Å²) in [6.07, 6.45) is 0. The smallest absolute Gasteiger partial charge is 0.258 e. The molecular weight excluding hydrogens is 364 g/mol. The Kier molecular flexibility index (Phi) is 6.21. The molecule has 0 aliphatic rings. The van der Waals surface area contributed by atoms with Crippen LogP contribution in [0.1, 0.15) is 18.3 Å². The minimum Gasteiger partial charge on any atom is -0.351 e. The molecule has 0 spiro atoms. The number of hydrogen-bond acceptors (Lipinski definition) is 4. The second kappa shape index (κ2) is 8.79. The van der Waals surface area contributed by atoms with Gasteiger partial charge in [-0.25, -0.2) is 4.98 Å². The molecule has 1 amide bonds. The molecule has 0 fully saturated rings. The highest BCUT2D eigenvalue weighted by Crippen LogP contribution is 2.14. The van der Waals surface area contributed by atoms with Gasteiger partial charge in [-0.15, -0.1) is 0 Å². The first-order chi connectivity index (χ1) is 13.0. The van der Waals surface area contributed by atoms with E-state index < -0.39 is 0 Å². The van der Waals surface area contributed by atoms with Crippen molar-refractivity contribution < 1.29 is 4.79 Å². The number of aromatic amines is 1. The van der Waals surface area contributed by atoms with Crippen LogP contribution in [0.3, 0.4) is 0 Å². The van der Waals surface area contributed by atoms with Crippen LogP contribution in [0.5, 0.6) is 0 Å². The summed E-state index contributed by atoms with van der Waals surface area (Å²) in [7, 11) is 0. The maximum atomic E-state index is 12.2. The molecule has 1 heterocycles. The number of hydrogen-bond donors (Lipinski definition) is 2. The standard InChI is InChI=1S/C20H21ClN4O2/c1-2-25(13-19(26)22-11-14-6-4-3-5-7-14)12-18-23-17-10-15(21)8-9-16(17)20(27)24-18/h3-10H,2,11-13H2,1H3,(H,22,26)(H,23,24,27). The van der Waals surface area contributed by atoms with Gasteiger partial charge in [0.1, 0.15) is 5.82 Å². The first kappa shape index (κ1) is 19.1. The SMILES string of the molecule is CCN(CC(=O)NCc1ccccc1)Cc1nc2cc(Cl)ccc2c(=O)[nH]1. The van der Waals surface area contributed by atoms with E-state index in [1.54, 1.807) is 18.2 Å². The molecule has 0 atom stereocenters. The Hall–Kier alpha value is -2.70. The molecule has 3 aromatic rings. The fourth-order valence-corrected chi connectivity index (χ4v) is 2.95. The molecule has 140 valence electrons. The van der Waals surface area contributed by atoms with Crippen LogP contribution in [0.4, 0.5) is 0 Å². The number of nitrogens with one attached hydrogen (secondary N) is 2. The summed E-state index contributed by atoms with van der Waals surface area (Å²) in [6, 6.07) is 14.7. The number of aromatic nitrogens is 2. The average molecular weight is 385 g/mol. The van der Waals surface area contributed by atoms with E-state index in [2.05, 4.69) is 15.3 Å². The minimum absolute atomic E-state index is 0.0770. The lowest BCUT2D eigenvalue weighted by atomic mass is 10.2. The van der Waals surface area contributed by atoms with Crippen LogP contribution in [0.2, 0.25) is 5.02 Å². The quantitative estimate of drug-likeness (QED) is 0.656. The van der Waals surface area contributed by atoms with Crippen molar-refractivity contribution in [3.8, 4) is 0 Å². The van der Waals surface area contributed by atoms with Crippen molar-refractivity contribution in [3.63, 3.8) is 0 Å². The zero-order valence-electron chi connectivity index (χ0n) is 15.0. The van der Waals surface area contributed by atoms with Crippen molar-refractivity contribution in [2.24, 2.45) is 0 Å². The molecule has 0 unspecified atom stereocenters. The van der Waals surface area contributed by atoms with E-state index in [4.69, 9.17) is 11.6 Å². The third kappa shape index (κ3) is 5.15. The van der Waals surface area contributed by atoms with E-state index in [0.717, 1.165) is 5.56 Å². The number of nitrogens with zero attached hydrogens (tertiary/aromatic N) is 2. The summed E-state index contributed by atoms with van der Waals surface area (Å²) in [6.45, 7) is 3.69. The number of H-pyrrole nitrogens is 1. The zero-order valence-corrected chi connectivity index (χ0v) is 15.8. The van der Waals surface area contributed by atoms with Gasteiger partial charge in [0.25, 0.3) is 5.56 Å². The molecule has 1 aromatic heterocycles. The number of halogens is 1. The van der Waals surface area contributed by atoms with Crippen LogP contribution in [-0.2, 0) is 17.9 Å². The summed E-state index contributed by atoms with van der Waals surface area (Å²) in [5.41, 5.74) is 1.38. The van der Waals surface area contributed by atoms with E-state index >= 15 is 0 Å². The second-order valence-corrected chi connectivity index (χ2v) is 6.68. The predicted octanol–water partition coefficient (Wildman–Crippen LogP) is 2.71. The van der Waals surface area contributed by atoms with Gasteiger partial charge in [-0.2, -0.15) is 0 Å². The lowest BCUT2D eigenvalue weighted by Crippen LogP contribution is -2.37. The highest BCUT2D eigenvalue weighted by Gasteiger charge is 2.12. The predicted molar refractivity (Wildman–Crippen MR) is 107 cm³/mol. The summed E-state index contributed by atoms with van der Waals surface area (Å²) in [5, 5.41) is 3.93. The lowest BCUT2D eigenvalue weighted by Gasteiger charge is -2.19. The number of rotatable bonds is 7. The number of amides is 1. The van der Waals surface area contributed by atoms with Gasteiger partial charge in [-0.1, -0.05) is 48.9 Å². The van der Waals surface area contributed by atoms with Crippen molar-refractivity contribution in [3.05, 3.63) is 75.3 Å². The fourth-order valence-electron chi connectivity index (χ4n) is 2.78. The van der Waals surface area contributed by atoms with Crippen LogP contribution < -0.4 is 10.9 Å². The zero-order chi connectivity index (χ0) is 19.2. The Bertz CT molecular complexity index is 988. The molecule has 0 saturated carbocycles. The van der Waals surface area contributed by atoms with Crippen LogP contribution >= 0.6 is 11.6 Å². The normalized spacial score (nSPS) is 11.1. The van der Waals surface area contributed by atoms with Gasteiger partial charge >= 0.3 is 0 Å². The molecule has 2 N–H and O–H groups in total. The van der Waals surface area contributed by atoms with Crippen molar-refractivity contribution in [1.82, 2.24) is 20.2 Å². The van der Waals surface area contributed by atoms with Gasteiger partial charge in [0, 0.05) is 11.6 Å². The molecule has 0 aliphatic heterocycles. The summed E-state index contributed by atoms with van der Waals surface area (Å²) >= 11 is 5.99. The number of carbonyl (C=O) groups is 1. The lowest BCUT2D eigenvalue weighted by molar-refractivity contribution is -0.122. The topological polar surface area (TPSA) is 78.1 Å². The van der Waals surface area contributed by atoms with Gasteiger partial charge in [-0.05, 0) is 30.3 Å².